The zero-order valence-electron chi connectivity index (χ0n) is 5.24. The van der Waals surface area contributed by atoms with Gasteiger partial charge in [0, 0.05) is 13.2 Å². The van der Waals surface area contributed by atoms with Gasteiger partial charge in [-0.2, -0.15) is 0 Å². The first-order valence-electron chi connectivity index (χ1n) is 2.99. The summed E-state index contributed by atoms with van der Waals surface area (Å²) >= 11 is 0. The molecule has 0 aliphatic rings. The fraction of sp³-hybridized carbons (Fsp3) is 1.00. The quantitative estimate of drug-likeness (QED) is 0.390. The molecule has 0 saturated carbocycles. The van der Waals surface area contributed by atoms with E-state index in [1.165, 1.54) is 12.8 Å². The molecule has 0 radical (unpaired) electrons. The summed E-state index contributed by atoms with van der Waals surface area (Å²) < 4.78 is 5.07. The molecule has 0 aliphatic carbocycles. The Morgan fingerprint density at radius 3 is 2.25 bits per heavy atom. The van der Waals surface area contributed by atoms with Crippen LogP contribution in [0.25, 0.3) is 0 Å². The second-order valence-corrected chi connectivity index (χ2v) is 1.55. The van der Waals surface area contributed by atoms with Crippen LogP contribution in [0.3, 0.4) is 0 Å². The zero-order valence-corrected chi connectivity index (χ0v) is 5.24. The molecule has 0 heterocycles. The van der Waals surface area contributed by atoms with E-state index in [9.17, 15) is 0 Å². The van der Waals surface area contributed by atoms with Gasteiger partial charge in [0.1, 0.15) is 0 Å². The van der Waals surface area contributed by atoms with E-state index in [0.29, 0.717) is 0 Å². The third-order valence-electron chi connectivity index (χ3n) is 0.846. The predicted molar refractivity (Wildman–Crippen MR) is 38.5 cm³/mol. The van der Waals surface area contributed by atoms with Gasteiger partial charge in [-0.25, -0.2) is 0 Å². The number of rotatable bonds is 4. The Bertz CT molecular complexity index is 27.7. The molecule has 8 heavy (non-hydrogen) atoms. The Balaban J connectivity index is 0. The zero-order chi connectivity index (χ0) is 5.54. The second kappa shape index (κ2) is 10.5. The Hall–Kier alpha value is 0.557. The number of ether oxygens (including phenoxy) is 1. The van der Waals surface area contributed by atoms with Gasteiger partial charge in [-0.15, -0.1) is 0 Å². The molecule has 0 rings (SSSR count). The molecule has 1 nitrogen and oxygen atoms in total. The van der Waals surface area contributed by atoms with Gasteiger partial charge in [0.25, 0.3) is 0 Å². The third-order valence-corrected chi connectivity index (χ3v) is 0.846. The molecule has 0 aromatic rings. The van der Waals surface area contributed by atoms with Crippen molar-refractivity contribution in [2.45, 2.75) is 26.7 Å². The fourth-order valence-corrected chi connectivity index (χ4v) is 0.391. The molecule has 0 unspecified atom stereocenters. The maximum atomic E-state index is 5.07. The van der Waals surface area contributed by atoms with Crippen LogP contribution in [0.2, 0.25) is 0 Å². The molecule has 0 spiro atoms. The molecule has 0 bridgehead atoms. The van der Waals surface area contributed by atoms with E-state index in [0.717, 1.165) is 13.2 Å². The van der Waals surface area contributed by atoms with E-state index < -0.39 is 0 Å². The molecule has 0 atom stereocenters. The van der Waals surface area contributed by atoms with Crippen LogP contribution >= 0.6 is 0 Å². The van der Waals surface area contributed by atoms with Crippen LogP contribution in [0.15, 0.2) is 0 Å². The monoisotopic (exact) mass is 110 g/mol. The van der Waals surface area contributed by atoms with Crippen LogP contribution in [-0.2, 0) is 4.74 Å². The minimum atomic E-state index is 0. The summed E-state index contributed by atoms with van der Waals surface area (Å²) in [5.74, 6) is 0. The Morgan fingerprint density at radius 1 is 1.25 bits per heavy atom. The molecular formula is C6H15LiO. The van der Waals surface area contributed by atoms with E-state index in [4.69, 9.17) is 4.74 Å². The molecule has 46 valence electrons. The average molecular weight is 110 g/mol. The van der Waals surface area contributed by atoms with Crippen LogP contribution in [0.5, 0.6) is 0 Å². The van der Waals surface area contributed by atoms with Crippen molar-refractivity contribution in [3.63, 3.8) is 0 Å². The van der Waals surface area contributed by atoms with E-state index in [2.05, 4.69) is 6.92 Å². The van der Waals surface area contributed by atoms with Crippen molar-refractivity contribution in [1.29, 1.82) is 0 Å². The van der Waals surface area contributed by atoms with Gasteiger partial charge in [-0.05, 0) is 13.3 Å². The standard InChI is InChI=1S/C6H14O.Li.H/c1-3-5-6-7-4-2;;/h3-6H2,1-2H3;;. The van der Waals surface area contributed by atoms with Crippen molar-refractivity contribution >= 4 is 18.9 Å². The van der Waals surface area contributed by atoms with Crippen LogP contribution < -0.4 is 0 Å². The fourth-order valence-electron chi connectivity index (χ4n) is 0.391. The summed E-state index contributed by atoms with van der Waals surface area (Å²) in [6.07, 6.45) is 2.44. The summed E-state index contributed by atoms with van der Waals surface area (Å²) in [6, 6.07) is 0. The van der Waals surface area contributed by atoms with E-state index in [1.54, 1.807) is 0 Å². The van der Waals surface area contributed by atoms with Gasteiger partial charge in [-0.3, -0.25) is 0 Å². The first-order valence-corrected chi connectivity index (χ1v) is 2.99. The van der Waals surface area contributed by atoms with Crippen LogP contribution in [0, 0.1) is 0 Å². The molecule has 0 N–H and O–H groups in total. The summed E-state index contributed by atoms with van der Waals surface area (Å²) in [5.41, 5.74) is 0. The van der Waals surface area contributed by atoms with Gasteiger partial charge in [0.05, 0.1) is 0 Å². The predicted octanol–water partition coefficient (Wildman–Crippen LogP) is 1.17. The second-order valence-electron chi connectivity index (χ2n) is 1.55. The molecule has 0 fully saturated rings. The first-order chi connectivity index (χ1) is 3.41. The van der Waals surface area contributed by atoms with Gasteiger partial charge < -0.3 is 4.74 Å². The van der Waals surface area contributed by atoms with Crippen molar-refractivity contribution in [3.8, 4) is 0 Å². The minimum absolute atomic E-state index is 0. The molecule has 0 aliphatic heterocycles. The molecule has 2 heteroatoms. The number of hydrogen-bond donors (Lipinski definition) is 0. The normalized spacial score (nSPS) is 8.25. The first kappa shape index (κ1) is 11.4. The van der Waals surface area contributed by atoms with Crippen LogP contribution in [0.1, 0.15) is 26.7 Å². The van der Waals surface area contributed by atoms with Crippen molar-refractivity contribution in [2.24, 2.45) is 0 Å². The number of unbranched alkanes of at least 4 members (excludes halogenated alkanes) is 1. The van der Waals surface area contributed by atoms with E-state index in [1.807, 2.05) is 6.92 Å². The summed E-state index contributed by atoms with van der Waals surface area (Å²) in [4.78, 5) is 0. The third kappa shape index (κ3) is 9.75. The van der Waals surface area contributed by atoms with E-state index in [-0.39, 0.29) is 18.9 Å². The number of hydrogen-bond acceptors (Lipinski definition) is 1. The molecule has 0 aromatic heterocycles. The summed E-state index contributed by atoms with van der Waals surface area (Å²) in [6.45, 7) is 5.99. The van der Waals surface area contributed by atoms with Crippen molar-refractivity contribution in [1.82, 2.24) is 0 Å². The van der Waals surface area contributed by atoms with Crippen molar-refractivity contribution in [2.75, 3.05) is 13.2 Å². The Kier molecular flexibility index (Phi) is 14.9. The summed E-state index contributed by atoms with van der Waals surface area (Å²) in [5, 5.41) is 0. The summed E-state index contributed by atoms with van der Waals surface area (Å²) in [7, 11) is 0. The molecule has 0 aromatic carbocycles. The van der Waals surface area contributed by atoms with Gasteiger partial charge in [0.15, 0.2) is 0 Å². The molecule has 0 saturated heterocycles. The Morgan fingerprint density at radius 2 is 1.88 bits per heavy atom. The van der Waals surface area contributed by atoms with Crippen molar-refractivity contribution < 1.29 is 4.74 Å². The Labute approximate surface area is 64.0 Å². The molecular weight excluding hydrogens is 95.0 g/mol. The SMILES string of the molecule is CCCCOCC.[LiH]. The van der Waals surface area contributed by atoms with Gasteiger partial charge in [-0.1, -0.05) is 13.3 Å². The van der Waals surface area contributed by atoms with Crippen molar-refractivity contribution in [3.05, 3.63) is 0 Å². The van der Waals surface area contributed by atoms with Crippen LogP contribution in [0.4, 0.5) is 0 Å². The van der Waals surface area contributed by atoms with Gasteiger partial charge in [0.2, 0.25) is 0 Å². The molecule has 0 amide bonds. The average Bonchev–Trinajstić information content (AvgIpc) is 1.69. The van der Waals surface area contributed by atoms with Crippen LogP contribution in [-0.4, -0.2) is 32.1 Å². The van der Waals surface area contributed by atoms with E-state index >= 15 is 0 Å². The topological polar surface area (TPSA) is 9.23 Å². The van der Waals surface area contributed by atoms with Gasteiger partial charge >= 0.3 is 18.9 Å². The maximum absolute atomic E-state index is 5.07.